The minimum Gasteiger partial charge on any atom is -0.454 e. The zero-order chi connectivity index (χ0) is 14.3. The van der Waals surface area contributed by atoms with E-state index in [1.165, 1.54) is 5.56 Å². The van der Waals surface area contributed by atoms with Gasteiger partial charge >= 0.3 is 0 Å². The van der Waals surface area contributed by atoms with Gasteiger partial charge in [0.15, 0.2) is 11.5 Å². The van der Waals surface area contributed by atoms with E-state index >= 15 is 0 Å². The molecule has 0 fully saturated rings. The molecule has 0 aliphatic carbocycles. The largest absolute Gasteiger partial charge is 0.454 e. The van der Waals surface area contributed by atoms with Gasteiger partial charge < -0.3 is 14.8 Å². The van der Waals surface area contributed by atoms with Crippen molar-refractivity contribution in [1.29, 1.82) is 0 Å². The van der Waals surface area contributed by atoms with Gasteiger partial charge in [0.25, 0.3) is 0 Å². The first-order chi connectivity index (χ1) is 9.56. The predicted octanol–water partition coefficient (Wildman–Crippen LogP) is 3.03. The molecular weight excluding hydrogens is 278 g/mol. The van der Waals surface area contributed by atoms with E-state index in [2.05, 4.69) is 17.3 Å². The van der Waals surface area contributed by atoms with Crippen molar-refractivity contribution >= 4 is 17.3 Å². The minimum absolute atomic E-state index is 0.246. The summed E-state index contributed by atoms with van der Waals surface area (Å²) in [5.74, 6) is 1.41. The first kappa shape index (κ1) is 13.1. The number of aromatic nitrogens is 2. The lowest BCUT2D eigenvalue weighted by molar-refractivity contribution is 0.174. The maximum Gasteiger partial charge on any atom is 0.231 e. The fourth-order valence-electron chi connectivity index (χ4n) is 2.31. The standard InChI is InChI=1S/C14H16ClN3O2/c1-8-10(9(2)18(3)17-8)6-16-12-5-14-13(4-11(12)15)19-7-20-14/h4-5,16H,6-7H2,1-3H3. The molecule has 3 rings (SSSR count). The number of aryl methyl sites for hydroxylation is 2. The molecule has 106 valence electrons. The number of fused-ring (bicyclic) bond motifs is 1. The van der Waals surface area contributed by atoms with Gasteiger partial charge in [0.2, 0.25) is 6.79 Å². The summed E-state index contributed by atoms with van der Waals surface area (Å²) in [6, 6.07) is 3.64. The molecule has 0 bridgehead atoms. The highest BCUT2D eigenvalue weighted by Gasteiger charge is 2.17. The third-order valence-corrected chi connectivity index (χ3v) is 3.89. The van der Waals surface area contributed by atoms with Crippen LogP contribution < -0.4 is 14.8 Å². The van der Waals surface area contributed by atoms with E-state index < -0.39 is 0 Å². The molecule has 1 N–H and O–H groups in total. The SMILES string of the molecule is Cc1nn(C)c(C)c1CNc1cc2c(cc1Cl)OCO2. The molecule has 0 unspecified atom stereocenters. The van der Waals surface area contributed by atoms with Crippen molar-refractivity contribution in [1.82, 2.24) is 9.78 Å². The Morgan fingerprint density at radius 2 is 2.00 bits per heavy atom. The van der Waals surface area contributed by atoms with E-state index in [0.29, 0.717) is 17.3 Å². The second-order valence-electron chi connectivity index (χ2n) is 4.81. The molecule has 6 heteroatoms. The van der Waals surface area contributed by atoms with Gasteiger partial charge in [-0.05, 0) is 13.8 Å². The zero-order valence-electron chi connectivity index (χ0n) is 11.7. The van der Waals surface area contributed by atoms with Crippen molar-refractivity contribution in [2.45, 2.75) is 20.4 Å². The van der Waals surface area contributed by atoms with E-state index in [0.717, 1.165) is 22.8 Å². The van der Waals surface area contributed by atoms with Gasteiger partial charge in [-0.3, -0.25) is 4.68 Å². The van der Waals surface area contributed by atoms with Crippen LogP contribution in [-0.4, -0.2) is 16.6 Å². The third kappa shape index (κ3) is 2.18. The van der Waals surface area contributed by atoms with Crippen LogP contribution >= 0.6 is 11.6 Å². The van der Waals surface area contributed by atoms with Crippen molar-refractivity contribution in [2.24, 2.45) is 7.05 Å². The second kappa shape index (κ2) is 4.90. The van der Waals surface area contributed by atoms with Crippen LogP contribution in [-0.2, 0) is 13.6 Å². The van der Waals surface area contributed by atoms with Crippen LogP contribution in [0.15, 0.2) is 12.1 Å². The molecule has 0 saturated heterocycles. The number of ether oxygens (including phenoxy) is 2. The summed E-state index contributed by atoms with van der Waals surface area (Å²) >= 11 is 6.24. The van der Waals surface area contributed by atoms with Gasteiger partial charge in [-0.1, -0.05) is 11.6 Å². The van der Waals surface area contributed by atoms with Crippen LogP contribution in [0.3, 0.4) is 0 Å². The van der Waals surface area contributed by atoms with E-state index in [1.54, 1.807) is 6.07 Å². The maximum atomic E-state index is 6.24. The molecule has 1 aliphatic rings. The van der Waals surface area contributed by atoms with Gasteiger partial charge in [-0.15, -0.1) is 0 Å². The van der Waals surface area contributed by atoms with Crippen LogP contribution in [0, 0.1) is 13.8 Å². The molecule has 5 nitrogen and oxygen atoms in total. The number of halogens is 1. The lowest BCUT2D eigenvalue weighted by Gasteiger charge is -2.10. The predicted molar refractivity (Wildman–Crippen MR) is 77.6 cm³/mol. The number of hydrogen-bond acceptors (Lipinski definition) is 4. The summed E-state index contributed by atoms with van der Waals surface area (Å²) in [4.78, 5) is 0. The Balaban J connectivity index is 1.82. The molecule has 2 heterocycles. The number of hydrogen-bond donors (Lipinski definition) is 1. The number of nitrogens with one attached hydrogen (secondary N) is 1. The van der Waals surface area contributed by atoms with E-state index in [9.17, 15) is 0 Å². The quantitative estimate of drug-likeness (QED) is 0.945. The molecule has 0 spiro atoms. The van der Waals surface area contributed by atoms with Gasteiger partial charge in [0, 0.05) is 37.0 Å². The average Bonchev–Trinajstić information content (AvgIpc) is 2.93. The summed E-state index contributed by atoms with van der Waals surface area (Å²) in [5.41, 5.74) is 4.18. The van der Waals surface area contributed by atoms with E-state index in [4.69, 9.17) is 21.1 Å². The zero-order valence-corrected chi connectivity index (χ0v) is 12.4. The van der Waals surface area contributed by atoms with Crippen LogP contribution in [0.2, 0.25) is 5.02 Å². The normalized spacial score (nSPS) is 12.8. The van der Waals surface area contributed by atoms with Crippen molar-refractivity contribution in [3.05, 3.63) is 34.1 Å². The Morgan fingerprint density at radius 3 is 2.65 bits per heavy atom. The summed E-state index contributed by atoms with van der Waals surface area (Å²) in [6.45, 7) is 4.98. The van der Waals surface area contributed by atoms with Crippen molar-refractivity contribution in [3.63, 3.8) is 0 Å². The summed E-state index contributed by atoms with van der Waals surface area (Å²) in [7, 11) is 1.94. The summed E-state index contributed by atoms with van der Waals surface area (Å²) in [6.07, 6.45) is 0. The highest BCUT2D eigenvalue weighted by Crippen LogP contribution is 2.39. The molecule has 0 amide bonds. The monoisotopic (exact) mass is 293 g/mol. The molecule has 2 aromatic rings. The highest BCUT2D eigenvalue weighted by atomic mass is 35.5. The third-order valence-electron chi connectivity index (χ3n) is 3.58. The van der Waals surface area contributed by atoms with Crippen LogP contribution in [0.1, 0.15) is 17.0 Å². The fraction of sp³-hybridized carbons (Fsp3) is 0.357. The Labute approximate surface area is 122 Å². The Hall–Kier alpha value is -1.88. The number of anilines is 1. The molecule has 0 radical (unpaired) electrons. The molecule has 0 atom stereocenters. The maximum absolute atomic E-state index is 6.24. The number of rotatable bonds is 3. The smallest absolute Gasteiger partial charge is 0.231 e. The molecule has 20 heavy (non-hydrogen) atoms. The Morgan fingerprint density at radius 1 is 1.30 bits per heavy atom. The van der Waals surface area contributed by atoms with Crippen LogP contribution in [0.25, 0.3) is 0 Å². The fourth-order valence-corrected chi connectivity index (χ4v) is 2.53. The first-order valence-corrected chi connectivity index (χ1v) is 6.76. The van der Waals surface area contributed by atoms with Gasteiger partial charge in [0.1, 0.15) is 0 Å². The topological polar surface area (TPSA) is 48.3 Å². The van der Waals surface area contributed by atoms with Gasteiger partial charge in [-0.25, -0.2) is 0 Å². The van der Waals surface area contributed by atoms with E-state index in [-0.39, 0.29) is 6.79 Å². The second-order valence-corrected chi connectivity index (χ2v) is 5.22. The Bertz CT molecular complexity index is 667. The van der Waals surface area contributed by atoms with Crippen molar-refractivity contribution < 1.29 is 9.47 Å². The molecule has 1 aliphatic heterocycles. The molecule has 1 aromatic carbocycles. The minimum atomic E-state index is 0.246. The van der Waals surface area contributed by atoms with Crippen molar-refractivity contribution in [3.8, 4) is 11.5 Å². The summed E-state index contributed by atoms with van der Waals surface area (Å²) in [5, 5.41) is 8.35. The summed E-state index contributed by atoms with van der Waals surface area (Å²) < 4.78 is 12.5. The first-order valence-electron chi connectivity index (χ1n) is 6.38. The number of nitrogens with zero attached hydrogens (tertiary/aromatic N) is 2. The highest BCUT2D eigenvalue weighted by molar-refractivity contribution is 6.33. The average molecular weight is 294 g/mol. The Kier molecular flexibility index (Phi) is 3.22. The van der Waals surface area contributed by atoms with Crippen LogP contribution in [0.4, 0.5) is 5.69 Å². The molecular formula is C14H16ClN3O2. The van der Waals surface area contributed by atoms with Crippen molar-refractivity contribution in [2.75, 3.05) is 12.1 Å². The van der Waals surface area contributed by atoms with Gasteiger partial charge in [-0.2, -0.15) is 5.10 Å². The molecule has 0 saturated carbocycles. The number of benzene rings is 1. The van der Waals surface area contributed by atoms with E-state index in [1.807, 2.05) is 24.7 Å². The lowest BCUT2D eigenvalue weighted by atomic mass is 10.2. The van der Waals surface area contributed by atoms with Crippen LogP contribution in [0.5, 0.6) is 11.5 Å². The van der Waals surface area contributed by atoms with Gasteiger partial charge in [0.05, 0.1) is 16.4 Å². The molecule has 1 aromatic heterocycles. The lowest BCUT2D eigenvalue weighted by Crippen LogP contribution is -2.03.